The van der Waals surface area contributed by atoms with E-state index < -0.39 is 5.82 Å². The molecule has 0 aliphatic heterocycles. The van der Waals surface area contributed by atoms with Gasteiger partial charge in [0.1, 0.15) is 5.82 Å². The van der Waals surface area contributed by atoms with E-state index in [0.717, 1.165) is 21.3 Å². The van der Waals surface area contributed by atoms with Gasteiger partial charge in [0.05, 0.1) is 12.0 Å². The van der Waals surface area contributed by atoms with Crippen molar-refractivity contribution in [3.63, 3.8) is 0 Å². The molecule has 0 atom stereocenters. The van der Waals surface area contributed by atoms with Crippen molar-refractivity contribution in [1.29, 1.82) is 0 Å². The second-order valence-electron chi connectivity index (χ2n) is 7.09. The van der Waals surface area contributed by atoms with Crippen LogP contribution in [0.1, 0.15) is 11.1 Å². The van der Waals surface area contributed by atoms with Crippen molar-refractivity contribution < 1.29 is 9.18 Å². The van der Waals surface area contributed by atoms with Crippen molar-refractivity contribution in [3.05, 3.63) is 94.2 Å². The molecule has 1 amide bonds. The molecule has 3 aromatic carbocycles. The molecule has 4 aromatic rings. The molecule has 0 aliphatic rings. The molecule has 33 heavy (non-hydrogen) atoms. The van der Waals surface area contributed by atoms with E-state index in [-0.39, 0.29) is 17.2 Å². The number of hydrazone groups is 1. The third-order valence-corrected chi connectivity index (χ3v) is 6.06. The molecular formula is C24H19BrFN5OS. The first-order chi connectivity index (χ1) is 16.0. The number of benzene rings is 3. The summed E-state index contributed by atoms with van der Waals surface area (Å²) >= 11 is 4.53. The lowest BCUT2D eigenvalue weighted by Gasteiger charge is -2.10. The molecule has 1 N–H and O–H groups in total. The van der Waals surface area contributed by atoms with Crippen LogP contribution < -0.4 is 5.43 Å². The molecule has 1 heterocycles. The van der Waals surface area contributed by atoms with E-state index in [2.05, 4.69) is 36.7 Å². The van der Waals surface area contributed by atoms with E-state index in [1.807, 2.05) is 66.1 Å². The maximum absolute atomic E-state index is 13.8. The summed E-state index contributed by atoms with van der Waals surface area (Å²) in [6, 6.07) is 22.3. The van der Waals surface area contributed by atoms with Crippen LogP contribution in [0.3, 0.4) is 0 Å². The average Bonchev–Trinajstić information content (AvgIpc) is 3.25. The van der Waals surface area contributed by atoms with Gasteiger partial charge in [-0.05, 0) is 37.3 Å². The number of carbonyl (C=O) groups is 1. The maximum Gasteiger partial charge on any atom is 0.250 e. The normalized spacial score (nSPS) is 11.1. The maximum atomic E-state index is 13.8. The fourth-order valence-electron chi connectivity index (χ4n) is 3.01. The summed E-state index contributed by atoms with van der Waals surface area (Å²) in [4.78, 5) is 12.3. The number of nitrogens with zero attached hydrogens (tertiary/aromatic N) is 4. The van der Waals surface area contributed by atoms with Crippen molar-refractivity contribution in [2.24, 2.45) is 5.10 Å². The van der Waals surface area contributed by atoms with Gasteiger partial charge in [0.15, 0.2) is 11.0 Å². The molecule has 0 unspecified atom stereocenters. The number of carbonyl (C=O) groups excluding carboxylic acids is 1. The average molecular weight is 524 g/mol. The van der Waals surface area contributed by atoms with Crippen LogP contribution in [0.2, 0.25) is 0 Å². The van der Waals surface area contributed by atoms with Crippen molar-refractivity contribution in [3.8, 4) is 17.1 Å². The van der Waals surface area contributed by atoms with Crippen molar-refractivity contribution in [2.45, 2.75) is 12.1 Å². The number of rotatable bonds is 7. The second kappa shape index (κ2) is 10.5. The Balaban J connectivity index is 1.50. The number of aromatic nitrogens is 3. The lowest BCUT2D eigenvalue weighted by atomic mass is 10.2. The molecule has 0 fully saturated rings. The lowest BCUT2D eigenvalue weighted by Crippen LogP contribution is -2.20. The predicted octanol–water partition coefficient (Wildman–Crippen LogP) is 5.39. The van der Waals surface area contributed by atoms with E-state index in [4.69, 9.17) is 0 Å². The van der Waals surface area contributed by atoms with Crippen LogP contribution in [0.25, 0.3) is 17.1 Å². The molecular weight excluding hydrogens is 505 g/mol. The highest BCUT2D eigenvalue weighted by molar-refractivity contribution is 9.10. The van der Waals surface area contributed by atoms with Crippen LogP contribution in [0.4, 0.5) is 4.39 Å². The first-order valence-electron chi connectivity index (χ1n) is 9.99. The minimum absolute atomic E-state index is 0.0666. The topological polar surface area (TPSA) is 72.2 Å². The van der Waals surface area contributed by atoms with Gasteiger partial charge >= 0.3 is 0 Å². The Hall–Kier alpha value is -3.30. The van der Waals surface area contributed by atoms with E-state index in [1.54, 1.807) is 12.1 Å². The zero-order chi connectivity index (χ0) is 23.2. The predicted molar refractivity (Wildman–Crippen MR) is 132 cm³/mol. The summed E-state index contributed by atoms with van der Waals surface area (Å²) in [6.45, 7) is 2.02. The summed E-state index contributed by atoms with van der Waals surface area (Å²) in [5.74, 6) is -0.0148. The summed E-state index contributed by atoms with van der Waals surface area (Å²) in [6.07, 6.45) is 1.27. The SMILES string of the molecule is Cc1ccc(-n2c(SCC(=O)N/N=C\c3cc(Br)ccc3F)nnc2-c2ccccc2)cc1. The van der Waals surface area contributed by atoms with Crippen molar-refractivity contribution in [1.82, 2.24) is 20.2 Å². The van der Waals surface area contributed by atoms with Gasteiger partial charge in [-0.1, -0.05) is 75.7 Å². The minimum Gasteiger partial charge on any atom is -0.272 e. The Morgan fingerprint density at radius 2 is 1.88 bits per heavy atom. The standard InChI is InChI=1S/C24H19BrFN5OS/c1-16-7-10-20(11-8-16)31-23(17-5-3-2-4-6-17)29-30-24(31)33-15-22(32)28-27-14-18-13-19(25)9-12-21(18)26/h2-14H,15H2,1H3,(H,28,32)/b27-14-. The van der Waals surface area contributed by atoms with E-state index >= 15 is 0 Å². The Morgan fingerprint density at radius 1 is 1.12 bits per heavy atom. The molecule has 166 valence electrons. The molecule has 0 saturated heterocycles. The van der Waals surface area contributed by atoms with E-state index in [0.29, 0.717) is 11.0 Å². The Bertz CT molecular complexity index is 1290. The molecule has 0 radical (unpaired) electrons. The molecule has 0 aliphatic carbocycles. The van der Waals surface area contributed by atoms with Crippen LogP contribution >= 0.6 is 27.7 Å². The van der Waals surface area contributed by atoms with Crippen LogP contribution in [0.15, 0.2) is 87.5 Å². The Kier molecular flexibility index (Phi) is 7.31. The molecule has 0 bridgehead atoms. The van der Waals surface area contributed by atoms with Crippen molar-refractivity contribution in [2.75, 3.05) is 5.75 Å². The van der Waals surface area contributed by atoms with Gasteiger partial charge in [0.25, 0.3) is 5.91 Å². The molecule has 9 heteroatoms. The van der Waals surface area contributed by atoms with Gasteiger partial charge < -0.3 is 0 Å². The zero-order valence-electron chi connectivity index (χ0n) is 17.6. The fourth-order valence-corrected chi connectivity index (χ4v) is 4.14. The summed E-state index contributed by atoms with van der Waals surface area (Å²) in [5, 5.41) is 13.1. The highest BCUT2D eigenvalue weighted by atomic mass is 79.9. The summed E-state index contributed by atoms with van der Waals surface area (Å²) in [5.41, 5.74) is 5.65. The summed E-state index contributed by atoms with van der Waals surface area (Å²) < 4.78 is 16.4. The number of halogens is 2. The van der Waals surface area contributed by atoms with Gasteiger partial charge in [-0.15, -0.1) is 10.2 Å². The van der Waals surface area contributed by atoms with Crippen LogP contribution in [0.5, 0.6) is 0 Å². The third kappa shape index (κ3) is 5.74. The quantitative estimate of drug-likeness (QED) is 0.200. The van der Waals surface area contributed by atoms with Crippen LogP contribution in [-0.4, -0.2) is 32.6 Å². The largest absolute Gasteiger partial charge is 0.272 e. The monoisotopic (exact) mass is 523 g/mol. The first kappa shape index (κ1) is 22.9. The number of amides is 1. The zero-order valence-corrected chi connectivity index (χ0v) is 20.0. The van der Waals surface area contributed by atoms with Gasteiger partial charge in [-0.2, -0.15) is 5.10 Å². The highest BCUT2D eigenvalue weighted by Gasteiger charge is 2.17. The molecule has 0 spiro atoms. The highest BCUT2D eigenvalue weighted by Crippen LogP contribution is 2.28. The molecule has 0 saturated carbocycles. The molecule has 4 rings (SSSR count). The van der Waals surface area contributed by atoms with Crippen LogP contribution in [0, 0.1) is 12.7 Å². The smallest absolute Gasteiger partial charge is 0.250 e. The number of nitrogens with one attached hydrogen (secondary N) is 1. The van der Waals surface area contributed by atoms with Gasteiger partial charge in [0.2, 0.25) is 0 Å². The van der Waals surface area contributed by atoms with E-state index in [9.17, 15) is 9.18 Å². The fraction of sp³-hybridized carbons (Fsp3) is 0.0833. The molecule has 6 nitrogen and oxygen atoms in total. The number of hydrogen-bond donors (Lipinski definition) is 1. The third-order valence-electron chi connectivity index (χ3n) is 4.64. The number of aryl methyl sites for hydroxylation is 1. The van der Waals surface area contributed by atoms with E-state index in [1.165, 1.54) is 24.0 Å². The van der Waals surface area contributed by atoms with Crippen LogP contribution in [-0.2, 0) is 4.79 Å². The minimum atomic E-state index is -0.426. The Morgan fingerprint density at radius 3 is 2.64 bits per heavy atom. The molecule has 1 aromatic heterocycles. The van der Waals surface area contributed by atoms with Crippen molar-refractivity contribution >= 4 is 39.8 Å². The second-order valence-corrected chi connectivity index (χ2v) is 8.95. The van der Waals surface area contributed by atoms with Gasteiger partial charge in [0, 0.05) is 21.3 Å². The van der Waals surface area contributed by atoms with Gasteiger partial charge in [-0.3, -0.25) is 9.36 Å². The number of thioether (sulfide) groups is 1. The number of hydrogen-bond acceptors (Lipinski definition) is 5. The lowest BCUT2D eigenvalue weighted by molar-refractivity contribution is -0.118. The summed E-state index contributed by atoms with van der Waals surface area (Å²) in [7, 11) is 0. The van der Waals surface area contributed by atoms with Gasteiger partial charge in [-0.25, -0.2) is 9.82 Å². The Labute approximate surface area is 203 Å². The first-order valence-corrected chi connectivity index (χ1v) is 11.8.